The van der Waals surface area contributed by atoms with Crippen molar-refractivity contribution in [1.29, 1.82) is 0 Å². The molecular weight excluding hydrogens is 504 g/mol. The smallest absolute Gasteiger partial charge is 0.196 e. The molecule has 0 aliphatic heterocycles. The van der Waals surface area contributed by atoms with E-state index in [1.165, 1.54) is 14.2 Å². The molecule has 6 nitrogen and oxygen atoms in total. The van der Waals surface area contributed by atoms with Crippen molar-refractivity contribution in [2.75, 3.05) is 14.2 Å². The summed E-state index contributed by atoms with van der Waals surface area (Å²) in [6.07, 6.45) is 0. The number of phenolic OH excluding ortho intramolecular Hbond substituents is 2. The molecule has 0 saturated carbocycles. The Kier molecular flexibility index (Phi) is 7.33. The van der Waals surface area contributed by atoms with Gasteiger partial charge in [-0.05, 0) is 41.5 Å². The monoisotopic (exact) mass is 530 g/mol. The maximum atomic E-state index is 13.1. The summed E-state index contributed by atoms with van der Waals surface area (Å²) in [6, 6.07) is 31.3. The minimum Gasteiger partial charge on any atom is -0.504 e. The summed E-state index contributed by atoms with van der Waals surface area (Å²) in [5, 5.41) is 22.3. The highest BCUT2D eigenvalue weighted by Gasteiger charge is 2.23. The number of aromatic hydroxyl groups is 2. The van der Waals surface area contributed by atoms with Gasteiger partial charge in [0.15, 0.2) is 34.6 Å². The van der Waals surface area contributed by atoms with Gasteiger partial charge in [0.2, 0.25) is 0 Å². The number of phenols is 2. The number of methoxy groups -OCH3 is 2. The van der Waals surface area contributed by atoms with Gasteiger partial charge in [-0.1, -0.05) is 78.9 Å². The Morgan fingerprint density at radius 1 is 0.525 bits per heavy atom. The summed E-state index contributed by atoms with van der Waals surface area (Å²) >= 11 is 0. The number of hydrogen-bond acceptors (Lipinski definition) is 6. The van der Waals surface area contributed by atoms with E-state index in [4.69, 9.17) is 9.47 Å². The third kappa shape index (κ3) is 4.78. The molecule has 2 N–H and O–H groups in total. The number of ketones is 2. The van der Waals surface area contributed by atoms with Gasteiger partial charge < -0.3 is 19.7 Å². The minimum absolute atomic E-state index is 0.0741. The van der Waals surface area contributed by atoms with Gasteiger partial charge in [-0.2, -0.15) is 0 Å². The molecule has 0 bridgehead atoms. The second-order valence-electron chi connectivity index (χ2n) is 9.06. The second-order valence-corrected chi connectivity index (χ2v) is 9.06. The fourth-order valence-electron chi connectivity index (χ4n) is 4.72. The molecule has 40 heavy (non-hydrogen) atoms. The Labute approximate surface area is 231 Å². The summed E-state index contributed by atoms with van der Waals surface area (Å²) in [7, 11) is 2.80. The first-order valence-corrected chi connectivity index (χ1v) is 12.5. The Bertz CT molecular complexity index is 1580. The van der Waals surface area contributed by atoms with Crippen LogP contribution >= 0.6 is 0 Å². The molecule has 0 atom stereocenters. The van der Waals surface area contributed by atoms with Gasteiger partial charge >= 0.3 is 0 Å². The lowest BCUT2D eigenvalue weighted by molar-refractivity contribution is 0.102. The molecule has 0 aliphatic rings. The molecule has 0 fully saturated rings. The number of carbonyl (C=O) groups excluding carboxylic acids is 2. The predicted octanol–water partition coefficient (Wildman–Crippen LogP) is 6.91. The lowest BCUT2D eigenvalue weighted by Gasteiger charge is -2.16. The SMILES string of the molecule is COc1c(C(=O)c2ccccc2)ccc(-c2cccc(-c3ccc(C(=O)c4ccccc4)c(OC)c3O)c2)c1O. The van der Waals surface area contributed by atoms with Crippen LogP contribution in [0.5, 0.6) is 23.0 Å². The molecule has 0 aromatic heterocycles. The Balaban J connectivity index is 1.54. The molecule has 5 aromatic rings. The topological polar surface area (TPSA) is 93.1 Å². The van der Waals surface area contributed by atoms with Crippen molar-refractivity contribution in [2.24, 2.45) is 0 Å². The fourth-order valence-corrected chi connectivity index (χ4v) is 4.72. The molecule has 6 heteroatoms. The average Bonchev–Trinajstić information content (AvgIpc) is 3.00. The van der Waals surface area contributed by atoms with E-state index in [1.54, 1.807) is 97.1 Å². The molecule has 0 radical (unpaired) electrons. The maximum absolute atomic E-state index is 13.1. The van der Waals surface area contributed by atoms with Gasteiger partial charge in [0, 0.05) is 22.3 Å². The van der Waals surface area contributed by atoms with Gasteiger partial charge in [-0.3, -0.25) is 9.59 Å². The molecule has 0 amide bonds. The summed E-state index contributed by atoms with van der Waals surface area (Å²) in [4.78, 5) is 26.1. The molecule has 5 aromatic carbocycles. The average molecular weight is 531 g/mol. The molecular formula is C34H26O6. The number of carbonyl (C=O) groups is 2. The van der Waals surface area contributed by atoms with E-state index in [0.29, 0.717) is 33.4 Å². The summed E-state index contributed by atoms with van der Waals surface area (Å²) in [6.45, 7) is 0. The first kappa shape index (κ1) is 26.3. The number of rotatable bonds is 8. The van der Waals surface area contributed by atoms with Crippen LogP contribution in [0.2, 0.25) is 0 Å². The summed E-state index contributed by atoms with van der Waals surface area (Å²) in [5.74, 6) is -0.736. The van der Waals surface area contributed by atoms with Crippen molar-refractivity contribution in [1.82, 2.24) is 0 Å². The van der Waals surface area contributed by atoms with Crippen LogP contribution in [0, 0.1) is 0 Å². The lowest BCUT2D eigenvalue weighted by Crippen LogP contribution is -2.04. The van der Waals surface area contributed by atoms with Crippen molar-refractivity contribution < 1.29 is 29.3 Å². The van der Waals surface area contributed by atoms with Crippen LogP contribution in [-0.4, -0.2) is 36.0 Å². The Morgan fingerprint density at radius 2 is 0.925 bits per heavy atom. The molecule has 198 valence electrons. The molecule has 0 spiro atoms. The van der Waals surface area contributed by atoms with Crippen molar-refractivity contribution >= 4 is 11.6 Å². The zero-order chi connectivity index (χ0) is 28.2. The minimum atomic E-state index is -0.268. The number of hydrogen-bond donors (Lipinski definition) is 2. The highest BCUT2D eigenvalue weighted by Crippen LogP contribution is 2.44. The van der Waals surface area contributed by atoms with Crippen LogP contribution in [0.4, 0.5) is 0 Å². The molecule has 5 rings (SSSR count). The van der Waals surface area contributed by atoms with Gasteiger partial charge in [0.1, 0.15) is 0 Å². The maximum Gasteiger partial charge on any atom is 0.196 e. The van der Waals surface area contributed by atoms with E-state index in [9.17, 15) is 19.8 Å². The van der Waals surface area contributed by atoms with Crippen LogP contribution in [0.15, 0.2) is 109 Å². The fraction of sp³-hybridized carbons (Fsp3) is 0.0588. The predicted molar refractivity (Wildman–Crippen MR) is 153 cm³/mol. The number of benzene rings is 5. The van der Waals surface area contributed by atoms with E-state index in [1.807, 2.05) is 12.1 Å². The lowest BCUT2D eigenvalue weighted by atomic mass is 9.93. The van der Waals surface area contributed by atoms with Crippen molar-refractivity contribution in [2.45, 2.75) is 0 Å². The Morgan fingerprint density at radius 3 is 1.30 bits per heavy atom. The summed E-state index contributed by atoms with van der Waals surface area (Å²) < 4.78 is 10.9. The number of ether oxygens (including phenoxy) is 2. The third-order valence-electron chi connectivity index (χ3n) is 6.72. The highest BCUT2D eigenvalue weighted by atomic mass is 16.5. The first-order valence-electron chi connectivity index (χ1n) is 12.5. The van der Waals surface area contributed by atoms with Crippen molar-refractivity contribution in [3.05, 3.63) is 131 Å². The van der Waals surface area contributed by atoms with Crippen LogP contribution in [-0.2, 0) is 0 Å². The van der Waals surface area contributed by atoms with E-state index in [-0.39, 0.29) is 45.7 Å². The summed E-state index contributed by atoms with van der Waals surface area (Å²) in [5.41, 5.74) is 3.61. The standard InChI is InChI=1S/C34H26O6/c1-39-33-27(29(35)21-10-5-3-6-11-21)18-16-25(31(33)37)23-14-9-15-24(20-23)26-17-19-28(34(40-2)32(26)38)30(36)22-12-7-4-8-13-22/h3-20,37-38H,1-2H3. The first-order chi connectivity index (χ1) is 19.4. The normalized spacial score (nSPS) is 10.7. The zero-order valence-corrected chi connectivity index (χ0v) is 21.9. The zero-order valence-electron chi connectivity index (χ0n) is 21.9. The quantitative estimate of drug-likeness (QED) is 0.212. The van der Waals surface area contributed by atoms with Gasteiger partial charge in [0.25, 0.3) is 0 Å². The molecule has 0 aliphatic carbocycles. The van der Waals surface area contributed by atoms with Gasteiger partial charge in [0.05, 0.1) is 25.3 Å². The van der Waals surface area contributed by atoms with Crippen LogP contribution in [0.1, 0.15) is 31.8 Å². The van der Waals surface area contributed by atoms with Crippen molar-refractivity contribution in [3.63, 3.8) is 0 Å². The third-order valence-corrected chi connectivity index (χ3v) is 6.72. The second kappa shape index (κ2) is 11.2. The van der Waals surface area contributed by atoms with Crippen molar-refractivity contribution in [3.8, 4) is 45.3 Å². The van der Waals surface area contributed by atoms with Crippen LogP contribution in [0.3, 0.4) is 0 Å². The van der Waals surface area contributed by atoms with E-state index in [2.05, 4.69) is 0 Å². The largest absolute Gasteiger partial charge is 0.504 e. The van der Waals surface area contributed by atoms with E-state index < -0.39 is 0 Å². The molecule has 0 heterocycles. The highest BCUT2D eigenvalue weighted by molar-refractivity contribution is 6.12. The van der Waals surface area contributed by atoms with Gasteiger partial charge in [-0.25, -0.2) is 0 Å². The van der Waals surface area contributed by atoms with E-state index >= 15 is 0 Å². The van der Waals surface area contributed by atoms with E-state index in [0.717, 1.165) is 0 Å². The molecule has 0 unspecified atom stereocenters. The van der Waals surface area contributed by atoms with Gasteiger partial charge in [-0.15, -0.1) is 0 Å². The van der Waals surface area contributed by atoms with Crippen LogP contribution < -0.4 is 9.47 Å². The Hall–Kier alpha value is -5.36. The van der Waals surface area contributed by atoms with Crippen LogP contribution in [0.25, 0.3) is 22.3 Å². The molecule has 0 saturated heterocycles.